The van der Waals surface area contributed by atoms with Crippen LogP contribution in [0.15, 0.2) is 60.7 Å². The highest BCUT2D eigenvalue weighted by atomic mass is 19.1. The van der Waals surface area contributed by atoms with Gasteiger partial charge in [0.2, 0.25) is 0 Å². The van der Waals surface area contributed by atoms with Crippen molar-refractivity contribution in [3.63, 3.8) is 0 Å². The fourth-order valence-electron chi connectivity index (χ4n) is 5.36. The van der Waals surface area contributed by atoms with Gasteiger partial charge in [-0.3, -0.25) is 10.1 Å². The summed E-state index contributed by atoms with van der Waals surface area (Å²) in [5, 5.41) is 11.0. The Morgan fingerprint density at radius 1 is 0.762 bits per heavy atom. The first-order valence-electron chi connectivity index (χ1n) is 15.7. The first-order chi connectivity index (χ1) is 20.5. The van der Waals surface area contributed by atoms with Crippen LogP contribution in [-0.4, -0.2) is 21.5 Å². The maximum absolute atomic E-state index is 15.1. The Hall–Kier alpha value is -3.74. The number of nitrogens with one attached hydrogen (secondary N) is 1. The van der Waals surface area contributed by atoms with E-state index in [1.54, 1.807) is 12.1 Å². The van der Waals surface area contributed by atoms with Gasteiger partial charge in [0, 0.05) is 12.1 Å². The van der Waals surface area contributed by atoms with Crippen LogP contribution >= 0.6 is 0 Å². The van der Waals surface area contributed by atoms with E-state index >= 15 is 4.39 Å². The second kappa shape index (κ2) is 16.6. The summed E-state index contributed by atoms with van der Waals surface area (Å²) in [6, 6.07) is 17.1. The van der Waals surface area contributed by atoms with E-state index in [1.165, 1.54) is 102 Å². The van der Waals surface area contributed by atoms with Crippen LogP contribution in [0, 0.1) is 15.9 Å². The number of aromatic nitrogens is 2. The summed E-state index contributed by atoms with van der Waals surface area (Å²) in [6.45, 7) is 2.98. The molecule has 7 heteroatoms. The molecule has 0 amide bonds. The molecule has 0 aliphatic carbocycles. The molecular formula is C35H44FN3O3. The molecule has 0 aliphatic rings. The Kier molecular flexibility index (Phi) is 12.4. The van der Waals surface area contributed by atoms with Crippen LogP contribution in [0.5, 0.6) is 5.75 Å². The SMILES string of the molecule is CCCCCCCCCCCCCCCCOc1ccc(-c2ccc(-c3nc4ccc([N+](=O)[O-])cc4[nH]3)c(F)c2)cc1. The fourth-order valence-corrected chi connectivity index (χ4v) is 5.36. The Bertz CT molecular complexity index is 1400. The largest absolute Gasteiger partial charge is 0.494 e. The third-order valence-corrected chi connectivity index (χ3v) is 7.85. The van der Waals surface area contributed by atoms with E-state index < -0.39 is 10.7 Å². The molecule has 4 aromatic rings. The van der Waals surface area contributed by atoms with Crippen molar-refractivity contribution in [2.24, 2.45) is 0 Å². The van der Waals surface area contributed by atoms with Crippen molar-refractivity contribution in [1.29, 1.82) is 0 Å². The average Bonchev–Trinajstić information content (AvgIpc) is 3.42. The molecule has 0 aliphatic heterocycles. The average molecular weight is 574 g/mol. The predicted octanol–water partition coefficient (Wildman–Crippen LogP) is 10.8. The van der Waals surface area contributed by atoms with Crippen molar-refractivity contribution >= 4 is 16.7 Å². The number of fused-ring (bicyclic) bond motifs is 1. The van der Waals surface area contributed by atoms with Crippen LogP contribution in [0.25, 0.3) is 33.5 Å². The van der Waals surface area contributed by atoms with E-state index in [9.17, 15) is 10.1 Å². The molecule has 1 aromatic heterocycles. The Balaban J connectivity index is 1.14. The van der Waals surface area contributed by atoms with E-state index in [2.05, 4.69) is 16.9 Å². The van der Waals surface area contributed by atoms with Crippen molar-refractivity contribution < 1.29 is 14.1 Å². The van der Waals surface area contributed by atoms with Crippen LogP contribution in [-0.2, 0) is 0 Å². The van der Waals surface area contributed by atoms with Gasteiger partial charge in [0.05, 0.1) is 28.1 Å². The van der Waals surface area contributed by atoms with Crippen LogP contribution in [0.2, 0.25) is 0 Å². The number of nitro benzene ring substituents is 1. The van der Waals surface area contributed by atoms with E-state index in [1.807, 2.05) is 30.3 Å². The summed E-state index contributed by atoms with van der Waals surface area (Å²) in [4.78, 5) is 18.0. The number of ether oxygens (including phenoxy) is 1. The molecule has 1 heterocycles. The van der Waals surface area contributed by atoms with E-state index in [4.69, 9.17) is 4.74 Å². The van der Waals surface area contributed by atoms with Crippen molar-refractivity contribution in [1.82, 2.24) is 9.97 Å². The number of H-pyrrole nitrogens is 1. The fraction of sp³-hybridized carbons (Fsp3) is 0.457. The molecule has 42 heavy (non-hydrogen) atoms. The second-order valence-electron chi connectivity index (χ2n) is 11.2. The standard InChI is InChI=1S/C35H44FN3O3/c1-2-3-4-5-6-7-8-9-10-11-12-13-14-15-24-42-30-20-16-27(17-21-30)28-18-22-31(32(36)25-28)35-37-33-23-19-29(39(40)41)26-34(33)38-35/h16-23,25-26H,2-15,24H2,1H3,(H,37,38). The lowest BCUT2D eigenvalue weighted by Crippen LogP contribution is -1.97. The van der Waals surface area contributed by atoms with Gasteiger partial charge in [-0.05, 0) is 47.9 Å². The summed E-state index contributed by atoms with van der Waals surface area (Å²) in [5.74, 6) is 0.739. The van der Waals surface area contributed by atoms with E-state index in [0.29, 0.717) is 29.0 Å². The van der Waals surface area contributed by atoms with Crippen molar-refractivity contribution in [3.8, 4) is 28.3 Å². The molecule has 0 saturated heterocycles. The summed E-state index contributed by atoms with van der Waals surface area (Å²) in [6.07, 6.45) is 18.7. The summed E-state index contributed by atoms with van der Waals surface area (Å²) >= 11 is 0. The molecule has 6 nitrogen and oxygen atoms in total. The molecule has 0 fully saturated rings. The molecule has 0 saturated carbocycles. The van der Waals surface area contributed by atoms with Crippen molar-refractivity contribution in [3.05, 3.63) is 76.6 Å². The number of halogens is 1. The quantitative estimate of drug-likeness (QED) is 0.0687. The number of rotatable bonds is 19. The van der Waals surface area contributed by atoms with E-state index in [0.717, 1.165) is 23.3 Å². The van der Waals surface area contributed by atoms with Gasteiger partial charge >= 0.3 is 0 Å². The third-order valence-electron chi connectivity index (χ3n) is 7.85. The predicted molar refractivity (Wildman–Crippen MR) is 169 cm³/mol. The number of unbranched alkanes of at least 4 members (excludes halogenated alkanes) is 13. The van der Waals surface area contributed by atoms with Gasteiger partial charge in [0.1, 0.15) is 17.4 Å². The first-order valence-corrected chi connectivity index (χ1v) is 15.7. The number of nitrogens with zero attached hydrogens (tertiary/aromatic N) is 2. The second-order valence-corrected chi connectivity index (χ2v) is 11.2. The lowest BCUT2D eigenvalue weighted by Gasteiger charge is -2.09. The van der Waals surface area contributed by atoms with Gasteiger partial charge in [0.15, 0.2) is 0 Å². The van der Waals surface area contributed by atoms with Crippen LogP contribution in [0.1, 0.15) is 96.8 Å². The van der Waals surface area contributed by atoms with Crippen LogP contribution < -0.4 is 4.74 Å². The first kappa shape index (κ1) is 31.2. The van der Waals surface area contributed by atoms with Crippen molar-refractivity contribution in [2.45, 2.75) is 96.8 Å². The van der Waals surface area contributed by atoms with Crippen LogP contribution in [0.3, 0.4) is 0 Å². The Labute approximate surface area is 248 Å². The molecule has 4 rings (SSSR count). The number of hydrogen-bond donors (Lipinski definition) is 1. The maximum atomic E-state index is 15.1. The van der Waals surface area contributed by atoms with E-state index in [-0.39, 0.29) is 5.69 Å². The molecule has 1 N–H and O–H groups in total. The zero-order valence-electron chi connectivity index (χ0n) is 24.9. The number of nitro groups is 1. The normalized spacial score (nSPS) is 11.3. The maximum Gasteiger partial charge on any atom is 0.271 e. The lowest BCUT2D eigenvalue weighted by molar-refractivity contribution is -0.384. The highest BCUT2D eigenvalue weighted by Crippen LogP contribution is 2.30. The minimum atomic E-state index is -0.466. The number of aromatic amines is 1. The Morgan fingerprint density at radius 2 is 1.36 bits per heavy atom. The van der Waals surface area contributed by atoms with Crippen molar-refractivity contribution in [2.75, 3.05) is 6.61 Å². The number of imidazole rings is 1. The van der Waals surface area contributed by atoms with Crippen LogP contribution in [0.4, 0.5) is 10.1 Å². The molecule has 224 valence electrons. The molecule has 3 aromatic carbocycles. The number of non-ortho nitro benzene ring substituents is 1. The zero-order chi connectivity index (χ0) is 29.6. The van der Waals surface area contributed by atoms with Gasteiger partial charge in [-0.15, -0.1) is 0 Å². The zero-order valence-corrected chi connectivity index (χ0v) is 24.9. The summed E-state index contributed by atoms with van der Waals surface area (Å²) in [7, 11) is 0. The molecule has 0 bridgehead atoms. The smallest absolute Gasteiger partial charge is 0.271 e. The molecule has 0 atom stereocenters. The number of benzene rings is 3. The molecular weight excluding hydrogens is 529 g/mol. The van der Waals surface area contributed by atoms with Gasteiger partial charge in [0.25, 0.3) is 5.69 Å². The molecule has 0 unspecified atom stereocenters. The topological polar surface area (TPSA) is 81.1 Å². The lowest BCUT2D eigenvalue weighted by atomic mass is 10.0. The number of hydrogen-bond acceptors (Lipinski definition) is 4. The minimum Gasteiger partial charge on any atom is -0.494 e. The Morgan fingerprint density at radius 3 is 1.95 bits per heavy atom. The van der Waals surface area contributed by atoms with Gasteiger partial charge < -0.3 is 9.72 Å². The highest BCUT2D eigenvalue weighted by molar-refractivity contribution is 5.82. The molecule has 0 radical (unpaired) electrons. The third kappa shape index (κ3) is 9.40. The van der Waals surface area contributed by atoms with Gasteiger partial charge in [-0.2, -0.15) is 0 Å². The van der Waals surface area contributed by atoms with Gasteiger partial charge in [-0.25, -0.2) is 9.37 Å². The molecule has 0 spiro atoms. The summed E-state index contributed by atoms with van der Waals surface area (Å²) in [5.41, 5.74) is 2.95. The minimum absolute atomic E-state index is 0.0412. The summed E-state index contributed by atoms with van der Waals surface area (Å²) < 4.78 is 21.0. The monoisotopic (exact) mass is 573 g/mol. The highest BCUT2D eigenvalue weighted by Gasteiger charge is 2.14. The van der Waals surface area contributed by atoms with Gasteiger partial charge in [-0.1, -0.05) is 109 Å².